The Hall–Kier alpha value is -2.47. The molecule has 0 unspecified atom stereocenters. The molecule has 0 saturated carbocycles. The highest BCUT2D eigenvalue weighted by Gasteiger charge is 2.14. The molecule has 3 rings (SSSR count). The number of nitrogens with one attached hydrogen (secondary N) is 1. The average Bonchev–Trinajstić information content (AvgIpc) is 3.05. The van der Waals surface area contributed by atoms with Gasteiger partial charge in [-0.05, 0) is 30.5 Å². The van der Waals surface area contributed by atoms with Crippen LogP contribution in [-0.2, 0) is 4.79 Å². The average molecular weight is 325 g/mol. The van der Waals surface area contributed by atoms with Crippen LogP contribution in [-0.4, -0.2) is 51.8 Å². The quantitative estimate of drug-likeness (QED) is 0.910. The largest absolute Gasteiger partial charge is 0.355 e. The third-order valence-electron chi connectivity index (χ3n) is 4.25. The zero-order valence-electron chi connectivity index (χ0n) is 14.2. The van der Waals surface area contributed by atoms with Gasteiger partial charge in [0.15, 0.2) is 5.82 Å². The molecule has 0 spiro atoms. The molecule has 0 aromatic carbocycles. The van der Waals surface area contributed by atoms with E-state index in [2.05, 4.69) is 26.4 Å². The molecule has 1 amide bonds. The molecule has 0 radical (unpaired) electrons. The lowest BCUT2D eigenvalue weighted by atomic mass is 10.0. The molecule has 0 atom stereocenters. The van der Waals surface area contributed by atoms with Gasteiger partial charge in [0.1, 0.15) is 0 Å². The molecular weight excluding hydrogens is 302 g/mol. The molecule has 1 aliphatic rings. The first-order chi connectivity index (χ1) is 11.6. The summed E-state index contributed by atoms with van der Waals surface area (Å²) in [4.78, 5) is 17.7. The second-order valence-corrected chi connectivity index (χ2v) is 6.08. The van der Waals surface area contributed by atoms with Crippen molar-refractivity contribution in [2.45, 2.75) is 20.3 Å². The third kappa shape index (κ3) is 3.89. The maximum Gasteiger partial charge on any atom is 0.216 e. The lowest BCUT2D eigenvalue weighted by molar-refractivity contribution is -0.119. The van der Waals surface area contributed by atoms with Crippen LogP contribution < -0.4 is 5.32 Å². The molecule has 126 valence electrons. The predicted molar refractivity (Wildman–Crippen MR) is 93.8 cm³/mol. The first-order valence-corrected chi connectivity index (χ1v) is 8.26. The summed E-state index contributed by atoms with van der Waals surface area (Å²) in [6.07, 6.45) is 8.99. The first kappa shape index (κ1) is 16.4. The monoisotopic (exact) mass is 325 g/mol. The van der Waals surface area contributed by atoms with Crippen molar-refractivity contribution in [1.29, 1.82) is 0 Å². The van der Waals surface area contributed by atoms with Crippen LogP contribution in [0.1, 0.15) is 24.5 Å². The fourth-order valence-corrected chi connectivity index (χ4v) is 2.89. The Morgan fingerprint density at radius 2 is 2.29 bits per heavy atom. The summed E-state index contributed by atoms with van der Waals surface area (Å²) < 4.78 is 1.84. The Balaban J connectivity index is 1.63. The standard InChI is InChI=1S/C18H23N5O/c1-14-4-3-7-20-18(14)23-13-17(12-21-23)16-5-9-22(10-6-16)11-8-19-15(2)24/h3-5,7,12-13H,6,8-11H2,1-2H3,(H,19,24). The predicted octanol–water partition coefficient (Wildman–Crippen LogP) is 1.80. The van der Waals surface area contributed by atoms with Crippen molar-refractivity contribution in [2.24, 2.45) is 0 Å². The Morgan fingerprint density at radius 3 is 3.00 bits per heavy atom. The molecule has 1 N–H and O–H groups in total. The van der Waals surface area contributed by atoms with E-state index in [4.69, 9.17) is 0 Å². The minimum Gasteiger partial charge on any atom is -0.355 e. The molecule has 24 heavy (non-hydrogen) atoms. The number of rotatable bonds is 5. The number of nitrogens with zero attached hydrogens (tertiary/aromatic N) is 4. The molecule has 6 heteroatoms. The maximum atomic E-state index is 10.9. The third-order valence-corrected chi connectivity index (χ3v) is 4.25. The minimum absolute atomic E-state index is 0.0282. The number of hydrogen-bond donors (Lipinski definition) is 1. The Bertz CT molecular complexity index is 749. The van der Waals surface area contributed by atoms with Crippen molar-refractivity contribution in [3.8, 4) is 5.82 Å². The lowest BCUT2D eigenvalue weighted by Crippen LogP contribution is -2.36. The van der Waals surface area contributed by atoms with Crippen LogP contribution in [0.4, 0.5) is 0 Å². The number of aryl methyl sites for hydroxylation is 1. The van der Waals surface area contributed by atoms with Crippen LogP contribution >= 0.6 is 0 Å². The summed E-state index contributed by atoms with van der Waals surface area (Å²) in [5, 5.41) is 7.30. The van der Waals surface area contributed by atoms with Crippen molar-refractivity contribution < 1.29 is 4.79 Å². The number of carbonyl (C=O) groups is 1. The second-order valence-electron chi connectivity index (χ2n) is 6.08. The fraction of sp³-hybridized carbons (Fsp3) is 0.389. The highest BCUT2D eigenvalue weighted by atomic mass is 16.1. The van der Waals surface area contributed by atoms with Crippen molar-refractivity contribution in [3.05, 3.63) is 47.9 Å². The fourth-order valence-electron chi connectivity index (χ4n) is 2.89. The number of pyridine rings is 1. The number of carbonyl (C=O) groups excluding carboxylic acids is 1. The van der Waals surface area contributed by atoms with Crippen molar-refractivity contribution >= 4 is 11.5 Å². The highest BCUT2D eigenvalue weighted by molar-refractivity contribution is 5.72. The molecule has 0 bridgehead atoms. The minimum atomic E-state index is 0.0282. The van der Waals surface area contributed by atoms with Crippen LogP contribution in [0, 0.1) is 6.92 Å². The Morgan fingerprint density at radius 1 is 1.42 bits per heavy atom. The van der Waals surface area contributed by atoms with Gasteiger partial charge in [-0.1, -0.05) is 12.1 Å². The number of hydrogen-bond acceptors (Lipinski definition) is 4. The van der Waals surface area contributed by atoms with E-state index < -0.39 is 0 Å². The van der Waals surface area contributed by atoms with Gasteiger partial charge in [0.05, 0.1) is 6.20 Å². The summed E-state index contributed by atoms with van der Waals surface area (Å²) >= 11 is 0. The van der Waals surface area contributed by atoms with Crippen LogP contribution in [0.5, 0.6) is 0 Å². The van der Waals surface area contributed by atoms with Crippen LogP contribution in [0.25, 0.3) is 11.4 Å². The van der Waals surface area contributed by atoms with Crippen molar-refractivity contribution in [3.63, 3.8) is 0 Å². The van der Waals surface area contributed by atoms with E-state index in [-0.39, 0.29) is 5.91 Å². The summed E-state index contributed by atoms with van der Waals surface area (Å²) in [6, 6.07) is 3.97. The number of aromatic nitrogens is 3. The Labute approximate surface area is 142 Å². The molecule has 3 heterocycles. The van der Waals surface area contributed by atoms with E-state index in [9.17, 15) is 4.79 Å². The van der Waals surface area contributed by atoms with Crippen molar-refractivity contribution in [2.75, 3.05) is 26.2 Å². The SMILES string of the molecule is CC(=O)NCCN1CC=C(c2cnn(-c3ncccc3C)c2)CC1. The maximum absolute atomic E-state index is 10.9. The molecule has 2 aromatic heterocycles. The van der Waals surface area contributed by atoms with Gasteiger partial charge in [-0.15, -0.1) is 0 Å². The van der Waals surface area contributed by atoms with Crippen LogP contribution in [0.15, 0.2) is 36.8 Å². The van der Waals surface area contributed by atoms with E-state index in [0.29, 0.717) is 6.54 Å². The lowest BCUT2D eigenvalue weighted by Gasteiger charge is -2.25. The topological polar surface area (TPSA) is 63.1 Å². The molecule has 0 fully saturated rings. The van der Waals surface area contributed by atoms with Crippen LogP contribution in [0.2, 0.25) is 0 Å². The van der Waals surface area contributed by atoms with E-state index in [1.165, 1.54) is 5.57 Å². The van der Waals surface area contributed by atoms with Gasteiger partial charge in [0.25, 0.3) is 0 Å². The Kier molecular flexibility index (Phi) is 5.05. The second kappa shape index (κ2) is 7.40. The summed E-state index contributed by atoms with van der Waals surface area (Å²) in [5.74, 6) is 0.901. The van der Waals surface area contributed by atoms with Gasteiger partial charge in [-0.3, -0.25) is 9.69 Å². The first-order valence-electron chi connectivity index (χ1n) is 8.26. The van der Waals surface area contributed by atoms with Crippen molar-refractivity contribution in [1.82, 2.24) is 25.0 Å². The summed E-state index contributed by atoms with van der Waals surface area (Å²) in [7, 11) is 0. The zero-order valence-corrected chi connectivity index (χ0v) is 14.2. The van der Waals surface area contributed by atoms with Crippen LogP contribution in [0.3, 0.4) is 0 Å². The number of amides is 1. The molecule has 0 aliphatic carbocycles. The molecule has 2 aromatic rings. The van der Waals surface area contributed by atoms with E-state index in [0.717, 1.165) is 43.0 Å². The zero-order chi connectivity index (χ0) is 16.9. The van der Waals surface area contributed by atoms with Gasteiger partial charge in [-0.25, -0.2) is 9.67 Å². The molecule has 1 aliphatic heterocycles. The normalized spacial score (nSPS) is 15.2. The summed E-state index contributed by atoms with van der Waals surface area (Å²) in [5.41, 5.74) is 3.58. The van der Waals surface area contributed by atoms with Gasteiger partial charge >= 0.3 is 0 Å². The smallest absolute Gasteiger partial charge is 0.216 e. The van der Waals surface area contributed by atoms with E-state index >= 15 is 0 Å². The van der Waals surface area contributed by atoms with Gasteiger partial charge < -0.3 is 5.32 Å². The molecule has 0 saturated heterocycles. The highest BCUT2D eigenvalue weighted by Crippen LogP contribution is 2.22. The van der Waals surface area contributed by atoms with Gasteiger partial charge in [0, 0.05) is 51.1 Å². The van der Waals surface area contributed by atoms with Gasteiger partial charge in [-0.2, -0.15) is 5.10 Å². The molecular formula is C18H23N5O. The molecule has 6 nitrogen and oxygen atoms in total. The van der Waals surface area contributed by atoms with E-state index in [1.54, 1.807) is 13.1 Å². The van der Waals surface area contributed by atoms with Gasteiger partial charge in [0.2, 0.25) is 5.91 Å². The van der Waals surface area contributed by atoms with E-state index in [1.807, 2.05) is 36.1 Å². The summed E-state index contributed by atoms with van der Waals surface area (Å²) in [6.45, 7) is 7.08.